The Morgan fingerprint density at radius 2 is 1.79 bits per heavy atom. The molecular weight excluding hydrogens is 534 g/mol. The second-order valence-corrected chi connectivity index (χ2v) is 8.49. The molecule has 1 aliphatic rings. The molecule has 1 saturated heterocycles. The van der Waals surface area contributed by atoms with Crippen molar-refractivity contribution in [3.05, 3.63) is 51.5 Å². The van der Waals surface area contributed by atoms with E-state index in [4.69, 9.17) is 25.8 Å². The van der Waals surface area contributed by atoms with Gasteiger partial charge in [0.2, 0.25) is 5.91 Å². The van der Waals surface area contributed by atoms with Gasteiger partial charge >= 0.3 is 5.97 Å². The van der Waals surface area contributed by atoms with Gasteiger partial charge in [0.1, 0.15) is 11.5 Å². The highest BCUT2D eigenvalue weighted by Gasteiger charge is 2.36. The van der Waals surface area contributed by atoms with E-state index >= 15 is 0 Å². The van der Waals surface area contributed by atoms with Crippen molar-refractivity contribution in [3.8, 4) is 11.5 Å². The van der Waals surface area contributed by atoms with Crippen molar-refractivity contribution >= 4 is 56.9 Å². The first-order valence-electron chi connectivity index (χ1n) is 9.96. The van der Waals surface area contributed by atoms with Crippen molar-refractivity contribution < 1.29 is 33.4 Å². The van der Waals surface area contributed by atoms with Crippen LogP contribution in [-0.4, -0.2) is 56.1 Å². The van der Waals surface area contributed by atoms with Crippen molar-refractivity contribution in [2.24, 2.45) is 5.92 Å². The predicted molar refractivity (Wildman–Crippen MR) is 126 cm³/mol. The first-order valence-corrected chi connectivity index (χ1v) is 11.1. The number of benzene rings is 2. The van der Waals surface area contributed by atoms with Gasteiger partial charge in [0.05, 0.1) is 31.7 Å². The van der Waals surface area contributed by atoms with Crippen molar-refractivity contribution in [1.29, 1.82) is 0 Å². The number of carbonyl (C=O) groups excluding carboxylic acids is 4. The molecule has 1 heterocycles. The van der Waals surface area contributed by atoms with E-state index in [1.165, 1.54) is 26.4 Å². The lowest BCUT2D eigenvalue weighted by Crippen LogP contribution is -2.43. The third-order valence-corrected chi connectivity index (χ3v) is 6.09. The molecule has 0 bridgehead atoms. The topological polar surface area (TPSA) is 123 Å². The zero-order valence-corrected chi connectivity index (χ0v) is 20.6. The van der Waals surface area contributed by atoms with Crippen LogP contribution in [0, 0.1) is 5.92 Å². The molecule has 1 fully saturated rings. The van der Waals surface area contributed by atoms with E-state index in [0.717, 1.165) is 5.01 Å². The number of amides is 3. The number of hydrogen-bond donors (Lipinski definition) is 2. The zero-order valence-electron chi connectivity index (χ0n) is 18.2. The number of methoxy groups -OCH3 is 2. The Bertz CT molecular complexity index is 1110. The minimum absolute atomic E-state index is 0.0888. The van der Waals surface area contributed by atoms with Crippen LogP contribution in [0.3, 0.4) is 0 Å². The first kappa shape index (κ1) is 25.3. The smallest absolute Gasteiger partial charge is 0.311 e. The monoisotopic (exact) mass is 553 g/mol. The molecule has 1 aliphatic heterocycles. The summed E-state index contributed by atoms with van der Waals surface area (Å²) in [5.74, 6) is -2.34. The van der Waals surface area contributed by atoms with E-state index in [2.05, 4.69) is 26.7 Å². The Kier molecular flexibility index (Phi) is 8.35. The van der Waals surface area contributed by atoms with Gasteiger partial charge in [-0.25, -0.2) is 0 Å². The quantitative estimate of drug-likeness (QED) is 0.481. The highest BCUT2D eigenvalue weighted by Crippen LogP contribution is 2.26. The minimum atomic E-state index is -0.831. The Hall–Kier alpha value is -3.31. The molecule has 10 nitrogen and oxygen atoms in total. The maximum absolute atomic E-state index is 12.6. The average Bonchev–Trinajstić information content (AvgIpc) is 3.19. The van der Waals surface area contributed by atoms with E-state index < -0.39 is 36.2 Å². The fraction of sp³-hybridized carbons (Fsp3) is 0.273. The van der Waals surface area contributed by atoms with Gasteiger partial charge in [-0.1, -0.05) is 11.6 Å². The molecule has 1 atom stereocenters. The van der Waals surface area contributed by atoms with E-state index in [9.17, 15) is 19.2 Å². The molecule has 3 rings (SSSR count). The second-order valence-electron chi connectivity index (χ2n) is 7.23. The molecule has 0 unspecified atom stereocenters. The third-order valence-electron chi connectivity index (χ3n) is 4.86. The number of hydrogen-bond acceptors (Lipinski definition) is 7. The van der Waals surface area contributed by atoms with Crippen LogP contribution < -0.4 is 20.2 Å². The molecule has 12 heteroatoms. The number of carbonyl (C=O) groups is 4. The molecule has 2 N–H and O–H groups in total. The number of ether oxygens (including phenoxy) is 3. The van der Waals surface area contributed by atoms with Crippen LogP contribution in [0.4, 0.5) is 5.69 Å². The van der Waals surface area contributed by atoms with Gasteiger partial charge in [-0.15, -0.1) is 0 Å². The summed E-state index contributed by atoms with van der Waals surface area (Å²) in [5, 5.41) is 4.02. The van der Waals surface area contributed by atoms with Gasteiger partial charge in [-0.2, -0.15) is 0 Å². The molecule has 0 aromatic heterocycles. The standard InChI is InChI=1S/C22H21BrClN3O7/c1-32-15-5-12(6-16(9-15)33-2)21(30)26-27-10-13(7-20(27)29)22(31)34-11-19(28)25-14-3-4-17(23)18(24)8-14/h3-6,8-9,13H,7,10-11H2,1-2H3,(H,25,28)(H,26,30)/t13-/m0/s1. The number of anilines is 1. The molecule has 0 saturated carbocycles. The Morgan fingerprint density at radius 1 is 1.12 bits per heavy atom. The lowest BCUT2D eigenvalue weighted by molar-refractivity contribution is -0.151. The van der Waals surface area contributed by atoms with Gasteiger partial charge < -0.3 is 19.5 Å². The van der Waals surface area contributed by atoms with Gasteiger partial charge in [-0.05, 0) is 46.3 Å². The summed E-state index contributed by atoms with van der Waals surface area (Å²) >= 11 is 9.23. The Labute approximate surface area is 208 Å². The number of nitrogens with zero attached hydrogens (tertiary/aromatic N) is 1. The summed E-state index contributed by atoms with van der Waals surface area (Å²) in [6.45, 7) is -0.623. The van der Waals surface area contributed by atoms with Crippen molar-refractivity contribution in [2.45, 2.75) is 6.42 Å². The molecule has 34 heavy (non-hydrogen) atoms. The fourth-order valence-electron chi connectivity index (χ4n) is 3.12. The third kappa shape index (κ3) is 6.39. The number of hydrazine groups is 1. The zero-order chi connectivity index (χ0) is 24.8. The largest absolute Gasteiger partial charge is 0.497 e. The number of esters is 1. The fourth-order valence-corrected chi connectivity index (χ4v) is 3.55. The average molecular weight is 555 g/mol. The SMILES string of the molecule is COc1cc(OC)cc(C(=O)NN2C[C@@H](C(=O)OCC(=O)Nc3ccc(Br)c(Cl)c3)CC2=O)c1. The molecule has 0 spiro atoms. The Morgan fingerprint density at radius 3 is 2.41 bits per heavy atom. The maximum Gasteiger partial charge on any atom is 0.311 e. The lowest BCUT2D eigenvalue weighted by atomic mass is 10.1. The van der Waals surface area contributed by atoms with Gasteiger partial charge in [-0.3, -0.25) is 29.6 Å². The maximum atomic E-state index is 12.6. The van der Waals surface area contributed by atoms with Crippen LogP contribution in [0.15, 0.2) is 40.9 Å². The van der Waals surface area contributed by atoms with Crippen LogP contribution >= 0.6 is 27.5 Å². The second kappa shape index (κ2) is 11.2. The molecular formula is C22H21BrClN3O7. The molecule has 0 radical (unpaired) electrons. The van der Waals surface area contributed by atoms with E-state index in [1.807, 2.05) is 0 Å². The van der Waals surface area contributed by atoms with Crippen molar-refractivity contribution in [3.63, 3.8) is 0 Å². The van der Waals surface area contributed by atoms with Crippen LogP contribution in [-0.2, 0) is 19.1 Å². The molecule has 180 valence electrons. The van der Waals surface area contributed by atoms with Gasteiger partial charge in [0.15, 0.2) is 6.61 Å². The van der Waals surface area contributed by atoms with E-state index in [1.54, 1.807) is 24.3 Å². The number of nitrogens with one attached hydrogen (secondary N) is 2. The molecule has 2 aromatic carbocycles. The number of halogens is 2. The van der Waals surface area contributed by atoms with Crippen LogP contribution in [0.5, 0.6) is 11.5 Å². The molecule has 0 aliphatic carbocycles. The minimum Gasteiger partial charge on any atom is -0.497 e. The van der Waals surface area contributed by atoms with Gasteiger partial charge in [0, 0.05) is 28.2 Å². The highest BCUT2D eigenvalue weighted by molar-refractivity contribution is 9.10. The summed E-state index contributed by atoms with van der Waals surface area (Å²) in [4.78, 5) is 49.3. The number of rotatable bonds is 8. The van der Waals surface area contributed by atoms with Crippen molar-refractivity contribution in [2.75, 3.05) is 32.7 Å². The van der Waals surface area contributed by atoms with E-state index in [-0.39, 0.29) is 18.5 Å². The van der Waals surface area contributed by atoms with Gasteiger partial charge in [0.25, 0.3) is 11.8 Å². The van der Waals surface area contributed by atoms with Crippen LogP contribution in [0.2, 0.25) is 5.02 Å². The highest BCUT2D eigenvalue weighted by atomic mass is 79.9. The summed E-state index contributed by atoms with van der Waals surface area (Å²) in [6.07, 6.45) is -0.162. The normalized spacial score (nSPS) is 15.0. The molecule has 3 amide bonds. The summed E-state index contributed by atoms with van der Waals surface area (Å²) in [5.41, 5.74) is 3.12. The predicted octanol–water partition coefficient (Wildman–Crippen LogP) is 2.79. The summed E-state index contributed by atoms with van der Waals surface area (Å²) in [7, 11) is 2.90. The lowest BCUT2D eigenvalue weighted by Gasteiger charge is -2.18. The molecule has 2 aromatic rings. The van der Waals surface area contributed by atoms with Crippen molar-refractivity contribution in [1.82, 2.24) is 10.4 Å². The summed E-state index contributed by atoms with van der Waals surface area (Å²) in [6, 6.07) is 9.41. The van der Waals surface area contributed by atoms with Crippen LogP contribution in [0.25, 0.3) is 0 Å². The van der Waals surface area contributed by atoms with E-state index in [0.29, 0.717) is 26.7 Å². The first-order chi connectivity index (χ1) is 16.2. The summed E-state index contributed by atoms with van der Waals surface area (Å²) < 4.78 is 16.0. The Balaban J connectivity index is 1.52. The van der Waals surface area contributed by atoms with Crippen LogP contribution in [0.1, 0.15) is 16.8 Å².